The van der Waals surface area contributed by atoms with Crippen LogP contribution >= 0.6 is 0 Å². The second kappa shape index (κ2) is 5.71. The number of rotatable bonds is 6. The molecule has 2 nitrogen and oxygen atoms in total. The van der Waals surface area contributed by atoms with Gasteiger partial charge in [0.05, 0.1) is 5.60 Å². The minimum absolute atomic E-state index is 0.0480. The van der Waals surface area contributed by atoms with E-state index in [1.165, 1.54) is 12.8 Å². The van der Waals surface area contributed by atoms with E-state index in [1.54, 1.807) is 0 Å². The summed E-state index contributed by atoms with van der Waals surface area (Å²) in [5.74, 6) is 0.587. The van der Waals surface area contributed by atoms with Gasteiger partial charge in [0.1, 0.15) is 0 Å². The van der Waals surface area contributed by atoms with E-state index in [-0.39, 0.29) is 11.0 Å². The van der Waals surface area contributed by atoms with Crippen molar-refractivity contribution in [3.63, 3.8) is 0 Å². The molecule has 1 atom stereocenters. The molecular formula is C15H30O2. The van der Waals surface area contributed by atoms with Crippen molar-refractivity contribution in [1.29, 1.82) is 0 Å². The van der Waals surface area contributed by atoms with Crippen LogP contribution in [-0.4, -0.2) is 17.0 Å². The van der Waals surface area contributed by atoms with E-state index in [1.807, 2.05) is 0 Å². The third-order valence-corrected chi connectivity index (χ3v) is 4.12. The smallest absolute Gasteiger partial charge is 0.160 e. The van der Waals surface area contributed by atoms with Crippen LogP contribution in [0.25, 0.3) is 0 Å². The Kier molecular flexibility index (Phi) is 5.03. The quantitative estimate of drug-likeness (QED) is 0.710. The lowest BCUT2D eigenvalue weighted by Crippen LogP contribution is -2.41. The van der Waals surface area contributed by atoms with E-state index in [0.29, 0.717) is 5.92 Å². The second-order valence-electron chi connectivity index (χ2n) is 6.80. The summed E-state index contributed by atoms with van der Waals surface area (Å²) < 4.78 is 6.07. The summed E-state index contributed by atoms with van der Waals surface area (Å²) in [6, 6.07) is 0. The fourth-order valence-electron chi connectivity index (χ4n) is 3.12. The summed E-state index contributed by atoms with van der Waals surface area (Å²) >= 11 is 0. The Hall–Kier alpha value is -0.0800. The monoisotopic (exact) mass is 242 g/mol. The van der Waals surface area contributed by atoms with Crippen LogP contribution < -0.4 is 0 Å². The molecule has 1 unspecified atom stereocenters. The van der Waals surface area contributed by atoms with Gasteiger partial charge in [0.2, 0.25) is 0 Å². The molecule has 17 heavy (non-hydrogen) atoms. The van der Waals surface area contributed by atoms with Gasteiger partial charge >= 0.3 is 0 Å². The fraction of sp³-hybridized carbons (Fsp3) is 1.00. The lowest BCUT2D eigenvalue weighted by molar-refractivity contribution is -0.233. The van der Waals surface area contributed by atoms with Crippen molar-refractivity contribution in [3.05, 3.63) is 0 Å². The van der Waals surface area contributed by atoms with Crippen LogP contribution in [-0.2, 0) is 4.74 Å². The van der Waals surface area contributed by atoms with E-state index in [9.17, 15) is 5.11 Å². The zero-order valence-electron chi connectivity index (χ0n) is 12.3. The molecule has 0 aromatic heterocycles. The van der Waals surface area contributed by atoms with Gasteiger partial charge in [-0.2, -0.15) is 0 Å². The Morgan fingerprint density at radius 3 is 2.18 bits per heavy atom. The van der Waals surface area contributed by atoms with E-state index in [2.05, 4.69) is 34.6 Å². The van der Waals surface area contributed by atoms with E-state index >= 15 is 0 Å². The molecule has 1 aliphatic carbocycles. The lowest BCUT2D eigenvalue weighted by Gasteiger charge is -2.38. The first-order chi connectivity index (χ1) is 7.81. The number of hydrogen-bond donors (Lipinski definition) is 1. The zero-order chi connectivity index (χ0) is 13.1. The van der Waals surface area contributed by atoms with Crippen molar-refractivity contribution < 1.29 is 9.84 Å². The van der Waals surface area contributed by atoms with Gasteiger partial charge in [-0.25, -0.2) is 0 Å². The van der Waals surface area contributed by atoms with Gasteiger partial charge in [-0.1, -0.05) is 47.5 Å². The van der Waals surface area contributed by atoms with Gasteiger partial charge in [-0.15, -0.1) is 0 Å². The van der Waals surface area contributed by atoms with Crippen LogP contribution in [0.2, 0.25) is 0 Å². The fourth-order valence-corrected chi connectivity index (χ4v) is 3.12. The number of hydrogen-bond acceptors (Lipinski definition) is 2. The van der Waals surface area contributed by atoms with Crippen molar-refractivity contribution in [3.8, 4) is 0 Å². The van der Waals surface area contributed by atoms with Crippen molar-refractivity contribution in [1.82, 2.24) is 0 Å². The molecule has 1 rings (SSSR count). The van der Waals surface area contributed by atoms with E-state index in [0.717, 1.165) is 25.7 Å². The highest BCUT2D eigenvalue weighted by atomic mass is 16.6. The second-order valence-corrected chi connectivity index (χ2v) is 6.80. The van der Waals surface area contributed by atoms with Gasteiger partial charge in [-0.3, -0.25) is 0 Å². The molecule has 0 amide bonds. The highest BCUT2D eigenvalue weighted by Crippen LogP contribution is 2.40. The molecule has 102 valence electrons. The molecule has 0 aliphatic heterocycles. The maximum absolute atomic E-state index is 10.4. The largest absolute Gasteiger partial charge is 0.367 e. The minimum atomic E-state index is -0.636. The van der Waals surface area contributed by atoms with Gasteiger partial charge < -0.3 is 9.84 Å². The van der Waals surface area contributed by atoms with Crippen LogP contribution in [0.5, 0.6) is 0 Å². The molecule has 0 aromatic carbocycles. The van der Waals surface area contributed by atoms with Crippen LogP contribution in [0.15, 0.2) is 0 Å². The lowest BCUT2D eigenvalue weighted by atomic mass is 9.83. The summed E-state index contributed by atoms with van der Waals surface area (Å²) in [6.45, 7) is 10.8. The van der Waals surface area contributed by atoms with Gasteiger partial charge in [0.25, 0.3) is 0 Å². The summed E-state index contributed by atoms with van der Waals surface area (Å²) in [4.78, 5) is 0. The molecule has 1 fully saturated rings. The Morgan fingerprint density at radius 2 is 1.76 bits per heavy atom. The van der Waals surface area contributed by atoms with Crippen LogP contribution in [0, 0.1) is 11.3 Å². The predicted molar refractivity (Wildman–Crippen MR) is 71.8 cm³/mol. The average molecular weight is 242 g/mol. The highest BCUT2D eigenvalue weighted by molar-refractivity contribution is 4.87. The summed E-state index contributed by atoms with van der Waals surface area (Å²) in [6.07, 6.45) is 6.07. The number of aliphatic hydroxyl groups is 1. The third-order valence-electron chi connectivity index (χ3n) is 4.12. The van der Waals surface area contributed by atoms with Crippen molar-refractivity contribution in [2.75, 3.05) is 0 Å². The van der Waals surface area contributed by atoms with Crippen molar-refractivity contribution in [2.24, 2.45) is 11.3 Å². The molecule has 1 aliphatic rings. The van der Waals surface area contributed by atoms with Gasteiger partial charge in [0, 0.05) is 5.41 Å². The SMILES string of the molecule is CCC1(OC(O)C(C)(C)CC(C)C)CCCC1. The Balaban J connectivity index is 2.60. The van der Waals surface area contributed by atoms with E-state index in [4.69, 9.17) is 4.74 Å². The van der Waals surface area contributed by atoms with Crippen molar-refractivity contribution in [2.45, 2.75) is 85.0 Å². The molecule has 2 heteroatoms. The summed E-state index contributed by atoms with van der Waals surface area (Å²) in [5, 5.41) is 10.4. The first-order valence-electron chi connectivity index (χ1n) is 7.17. The van der Waals surface area contributed by atoms with Crippen LogP contribution in [0.3, 0.4) is 0 Å². The molecule has 0 radical (unpaired) electrons. The van der Waals surface area contributed by atoms with Gasteiger partial charge in [0.15, 0.2) is 6.29 Å². The molecule has 0 saturated heterocycles. The summed E-state index contributed by atoms with van der Waals surface area (Å²) in [7, 11) is 0. The zero-order valence-corrected chi connectivity index (χ0v) is 12.3. The highest BCUT2D eigenvalue weighted by Gasteiger charge is 2.39. The minimum Gasteiger partial charge on any atom is -0.367 e. The molecule has 0 heterocycles. The molecule has 1 saturated carbocycles. The number of ether oxygens (including phenoxy) is 1. The van der Waals surface area contributed by atoms with Gasteiger partial charge in [-0.05, 0) is 31.6 Å². The predicted octanol–water partition coefficient (Wildman–Crippen LogP) is 4.12. The van der Waals surface area contributed by atoms with Crippen LogP contribution in [0.4, 0.5) is 0 Å². The standard InChI is InChI=1S/C15H30O2/c1-6-15(9-7-8-10-15)17-13(16)14(4,5)11-12(2)3/h12-13,16H,6-11H2,1-5H3. The topological polar surface area (TPSA) is 29.5 Å². The van der Waals surface area contributed by atoms with Crippen LogP contribution in [0.1, 0.15) is 73.1 Å². The molecular weight excluding hydrogens is 212 g/mol. The summed E-state index contributed by atoms with van der Waals surface area (Å²) in [5.41, 5.74) is -0.202. The first-order valence-corrected chi connectivity index (χ1v) is 7.17. The molecule has 0 bridgehead atoms. The number of aliphatic hydroxyl groups excluding tert-OH is 1. The Morgan fingerprint density at radius 1 is 1.24 bits per heavy atom. The normalized spacial score (nSPS) is 22.1. The molecule has 0 aromatic rings. The Labute approximate surface area is 107 Å². The Bertz CT molecular complexity index is 227. The average Bonchev–Trinajstić information content (AvgIpc) is 2.65. The first kappa shape index (κ1) is 15.0. The molecule has 1 N–H and O–H groups in total. The third kappa shape index (κ3) is 3.96. The maximum atomic E-state index is 10.4. The van der Waals surface area contributed by atoms with E-state index < -0.39 is 6.29 Å². The molecule has 0 spiro atoms. The maximum Gasteiger partial charge on any atom is 0.160 e. The van der Waals surface area contributed by atoms with Crippen molar-refractivity contribution >= 4 is 0 Å².